The van der Waals surface area contributed by atoms with Crippen LogP contribution in [-0.4, -0.2) is 51.2 Å². The van der Waals surface area contributed by atoms with Gasteiger partial charge in [-0.25, -0.2) is 17.5 Å². The predicted molar refractivity (Wildman–Crippen MR) is 87.1 cm³/mol. The van der Waals surface area contributed by atoms with Crippen molar-refractivity contribution in [2.45, 2.75) is 24.5 Å². The Morgan fingerprint density at radius 2 is 2.04 bits per heavy atom. The molecule has 0 spiro atoms. The maximum atomic E-state index is 13.0. The Labute approximate surface area is 136 Å². The first-order valence-electron chi connectivity index (χ1n) is 7.61. The van der Waals surface area contributed by atoms with Crippen molar-refractivity contribution in [2.24, 2.45) is 0 Å². The van der Waals surface area contributed by atoms with Gasteiger partial charge in [0.15, 0.2) is 0 Å². The number of halogens is 1. The van der Waals surface area contributed by atoms with Crippen molar-refractivity contribution >= 4 is 21.6 Å². The lowest BCUT2D eigenvalue weighted by molar-refractivity contribution is -0.116. The molecule has 0 aliphatic carbocycles. The van der Waals surface area contributed by atoms with Crippen LogP contribution in [0.4, 0.5) is 10.1 Å². The van der Waals surface area contributed by atoms with E-state index < -0.39 is 15.8 Å². The molecule has 8 heteroatoms. The average molecular weight is 343 g/mol. The Balaban J connectivity index is 1.74. The number of nitrogens with one attached hydrogen (secondary N) is 2. The van der Waals surface area contributed by atoms with Crippen LogP contribution in [0.25, 0.3) is 0 Å². The fourth-order valence-corrected chi connectivity index (χ4v) is 3.82. The van der Waals surface area contributed by atoms with Gasteiger partial charge in [0.2, 0.25) is 15.9 Å². The molecule has 0 aromatic heterocycles. The first-order valence-corrected chi connectivity index (χ1v) is 9.15. The summed E-state index contributed by atoms with van der Waals surface area (Å²) < 4.78 is 38.9. The highest BCUT2D eigenvalue weighted by Crippen LogP contribution is 2.17. The Kier molecular flexibility index (Phi) is 6.09. The monoisotopic (exact) mass is 343 g/mol. The SMILES string of the molecule is CNS(=O)(=O)C1CCN(CCC(=O)Nc2cccc(F)c2)CC1. The largest absolute Gasteiger partial charge is 0.326 e. The zero-order chi connectivity index (χ0) is 16.9. The molecule has 2 N–H and O–H groups in total. The van der Waals surface area contributed by atoms with E-state index in [4.69, 9.17) is 0 Å². The summed E-state index contributed by atoms with van der Waals surface area (Å²) in [6.45, 7) is 1.87. The third-order valence-electron chi connectivity index (χ3n) is 4.02. The number of rotatable bonds is 6. The van der Waals surface area contributed by atoms with Gasteiger partial charge in [-0.15, -0.1) is 0 Å². The van der Waals surface area contributed by atoms with E-state index in [1.165, 1.54) is 25.2 Å². The molecule has 0 bridgehead atoms. The molecule has 0 atom stereocenters. The number of carbonyl (C=O) groups excluding carboxylic acids is 1. The molecule has 1 aromatic carbocycles. The number of carbonyl (C=O) groups is 1. The Bertz CT molecular complexity index is 643. The summed E-state index contributed by atoms with van der Waals surface area (Å²) in [7, 11) is -1.78. The van der Waals surface area contributed by atoms with Crippen molar-refractivity contribution in [1.82, 2.24) is 9.62 Å². The lowest BCUT2D eigenvalue weighted by Crippen LogP contribution is -2.43. The van der Waals surface area contributed by atoms with Crippen LogP contribution in [0.2, 0.25) is 0 Å². The zero-order valence-electron chi connectivity index (χ0n) is 13.1. The van der Waals surface area contributed by atoms with Gasteiger partial charge in [0.25, 0.3) is 0 Å². The van der Waals surface area contributed by atoms with Crippen LogP contribution < -0.4 is 10.0 Å². The van der Waals surface area contributed by atoms with Gasteiger partial charge in [0, 0.05) is 18.7 Å². The first kappa shape index (κ1) is 17.8. The number of hydrogen-bond acceptors (Lipinski definition) is 4. The van der Waals surface area contributed by atoms with Crippen LogP contribution in [0.1, 0.15) is 19.3 Å². The zero-order valence-corrected chi connectivity index (χ0v) is 13.9. The molecule has 128 valence electrons. The highest BCUT2D eigenvalue weighted by molar-refractivity contribution is 7.90. The Hall–Kier alpha value is -1.51. The van der Waals surface area contributed by atoms with Crippen molar-refractivity contribution in [1.29, 1.82) is 0 Å². The first-order chi connectivity index (χ1) is 10.9. The molecule has 1 aliphatic rings. The molecule has 1 aliphatic heterocycles. The van der Waals surface area contributed by atoms with Gasteiger partial charge in [-0.2, -0.15) is 0 Å². The summed E-state index contributed by atoms with van der Waals surface area (Å²) in [5.41, 5.74) is 0.439. The minimum Gasteiger partial charge on any atom is -0.326 e. The number of likely N-dealkylation sites (tertiary alicyclic amines) is 1. The summed E-state index contributed by atoms with van der Waals surface area (Å²) in [6, 6.07) is 5.76. The molecule has 0 unspecified atom stereocenters. The van der Waals surface area contributed by atoms with Gasteiger partial charge in [0.1, 0.15) is 5.82 Å². The summed E-state index contributed by atoms with van der Waals surface area (Å²) in [5.74, 6) is -0.573. The molecule has 0 saturated carbocycles. The van der Waals surface area contributed by atoms with Gasteiger partial charge in [-0.1, -0.05) is 6.07 Å². The van der Waals surface area contributed by atoms with Crippen LogP contribution in [0.5, 0.6) is 0 Å². The van der Waals surface area contributed by atoms with Crippen LogP contribution >= 0.6 is 0 Å². The molecular weight excluding hydrogens is 321 g/mol. The van der Waals surface area contributed by atoms with Gasteiger partial charge >= 0.3 is 0 Å². The van der Waals surface area contributed by atoms with Crippen molar-refractivity contribution in [3.8, 4) is 0 Å². The van der Waals surface area contributed by atoms with Crippen LogP contribution in [0.15, 0.2) is 24.3 Å². The summed E-state index contributed by atoms with van der Waals surface area (Å²) in [5, 5.41) is 2.30. The van der Waals surface area contributed by atoms with Crippen LogP contribution in [-0.2, 0) is 14.8 Å². The van der Waals surface area contributed by atoms with E-state index in [-0.39, 0.29) is 11.2 Å². The van der Waals surface area contributed by atoms with E-state index in [9.17, 15) is 17.6 Å². The van der Waals surface area contributed by atoms with Gasteiger partial charge in [-0.3, -0.25) is 4.79 Å². The summed E-state index contributed by atoms with van der Waals surface area (Å²) >= 11 is 0. The second kappa shape index (κ2) is 7.85. The predicted octanol–water partition coefficient (Wildman–Crippen LogP) is 1.17. The number of sulfonamides is 1. The van der Waals surface area contributed by atoms with E-state index >= 15 is 0 Å². The Morgan fingerprint density at radius 1 is 1.35 bits per heavy atom. The van der Waals surface area contributed by atoms with Gasteiger partial charge < -0.3 is 10.2 Å². The molecule has 1 amide bonds. The van der Waals surface area contributed by atoms with Gasteiger partial charge in [0.05, 0.1) is 5.25 Å². The van der Waals surface area contributed by atoms with Crippen LogP contribution in [0.3, 0.4) is 0 Å². The number of benzene rings is 1. The number of amides is 1. The number of hydrogen-bond donors (Lipinski definition) is 2. The van der Waals surface area contributed by atoms with E-state index in [1.807, 2.05) is 0 Å². The van der Waals surface area contributed by atoms with Crippen molar-refractivity contribution in [2.75, 3.05) is 32.0 Å². The van der Waals surface area contributed by atoms with Crippen LogP contribution in [0, 0.1) is 5.82 Å². The fourth-order valence-electron chi connectivity index (χ4n) is 2.66. The molecule has 1 saturated heterocycles. The smallest absolute Gasteiger partial charge is 0.225 e. The second-order valence-corrected chi connectivity index (χ2v) is 7.76. The topological polar surface area (TPSA) is 78.5 Å². The van der Waals surface area contributed by atoms with E-state index in [2.05, 4.69) is 14.9 Å². The minimum absolute atomic E-state index is 0.180. The molecule has 0 radical (unpaired) electrons. The maximum Gasteiger partial charge on any atom is 0.225 e. The molecule has 2 rings (SSSR count). The molecule has 1 heterocycles. The molecule has 6 nitrogen and oxygen atoms in total. The number of piperidine rings is 1. The quantitative estimate of drug-likeness (QED) is 0.813. The highest BCUT2D eigenvalue weighted by atomic mass is 32.2. The van der Waals surface area contributed by atoms with E-state index in [1.54, 1.807) is 6.07 Å². The molecule has 23 heavy (non-hydrogen) atoms. The summed E-state index contributed by atoms with van der Waals surface area (Å²) in [6.07, 6.45) is 1.42. The lowest BCUT2D eigenvalue weighted by Gasteiger charge is -2.31. The molecule has 1 fully saturated rings. The van der Waals surface area contributed by atoms with Gasteiger partial charge in [-0.05, 0) is 51.2 Å². The third kappa shape index (κ3) is 5.26. The lowest BCUT2D eigenvalue weighted by atomic mass is 10.1. The average Bonchev–Trinajstić information content (AvgIpc) is 2.53. The minimum atomic E-state index is -3.21. The van der Waals surface area contributed by atoms with Crippen molar-refractivity contribution in [3.05, 3.63) is 30.1 Å². The second-order valence-electron chi connectivity index (χ2n) is 5.60. The third-order valence-corrected chi connectivity index (χ3v) is 5.94. The number of nitrogens with zero attached hydrogens (tertiary/aromatic N) is 1. The van der Waals surface area contributed by atoms with Crippen molar-refractivity contribution in [3.63, 3.8) is 0 Å². The fraction of sp³-hybridized carbons (Fsp3) is 0.533. The van der Waals surface area contributed by atoms with E-state index in [0.29, 0.717) is 44.6 Å². The summed E-state index contributed by atoms with van der Waals surface area (Å²) in [4.78, 5) is 13.9. The van der Waals surface area contributed by atoms with E-state index in [0.717, 1.165) is 0 Å². The maximum absolute atomic E-state index is 13.0. The highest BCUT2D eigenvalue weighted by Gasteiger charge is 2.28. The normalized spacial score (nSPS) is 17.1. The van der Waals surface area contributed by atoms with Crippen molar-refractivity contribution < 1.29 is 17.6 Å². The number of anilines is 1. The standard InChI is InChI=1S/C15H22FN3O3S/c1-17-23(21,22)14-5-8-19(9-6-14)10-7-15(20)18-13-4-2-3-12(16)11-13/h2-4,11,14,17H,5-10H2,1H3,(H,18,20). The molecule has 1 aromatic rings. The Morgan fingerprint density at radius 3 is 2.65 bits per heavy atom. The molecular formula is C15H22FN3O3S.